The molecule has 1 aromatic heterocycles. The highest BCUT2D eigenvalue weighted by Gasteiger charge is 2.18. The van der Waals surface area contributed by atoms with E-state index in [1.165, 1.54) is 0 Å². The van der Waals surface area contributed by atoms with Gasteiger partial charge >= 0.3 is 0 Å². The summed E-state index contributed by atoms with van der Waals surface area (Å²) in [4.78, 5) is 4.91. The van der Waals surface area contributed by atoms with Gasteiger partial charge in [0.15, 0.2) is 0 Å². The molecule has 3 rings (SSSR count). The summed E-state index contributed by atoms with van der Waals surface area (Å²) in [5, 5.41) is 0. The van der Waals surface area contributed by atoms with Crippen molar-refractivity contribution < 1.29 is 8.84 Å². The fraction of sp³-hybridized carbons (Fsp3) is 0.150. The van der Waals surface area contributed by atoms with Crippen LogP contribution in [0.2, 0.25) is 19.6 Å². The molecule has 0 bridgehead atoms. The van der Waals surface area contributed by atoms with E-state index in [2.05, 4.69) is 19.6 Å². The van der Waals surface area contributed by atoms with Gasteiger partial charge in [0, 0.05) is 11.1 Å². The summed E-state index contributed by atoms with van der Waals surface area (Å²) in [6, 6.07) is 20.0. The number of nitrogens with zero attached hydrogens (tertiary/aromatic N) is 1. The van der Waals surface area contributed by atoms with Gasteiger partial charge in [-0.05, 0) is 37.8 Å². The van der Waals surface area contributed by atoms with Crippen molar-refractivity contribution in [3.63, 3.8) is 0 Å². The Morgan fingerprint density at radius 1 is 0.875 bits per heavy atom. The molecule has 0 radical (unpaired) electrons. The average Bonchev–Trinajstić information content (AvgIpc) is 3.07. The minimum absolute atomic E-state index is 0.827. The maximum absolute atomic E-state index is 6.20. The molecule has 0 fully saturated rings. The molecule has 0 aliphatic carbocycles. The van der Waals surface area contributed by atoms with E-state index < -0.39 is 8.32 Å². The molecule has 122 valence electrons. The van der Waals surface area contributed by atoms with Crippen LogP contribution < -0.4 is 4.43 Å². The van der Waals surface area contributed by atoms with Crippen LogP contribution in [0.5, 0.6) is 5.75 Å². The second-order valence-electron chi connectivity index (χ2n) is 6.52. The quantitative estimate of drug-likeness (QED) is 0.445. The molecule has 0 N–H and O–H groups in total. The predicted molar refractivity (Wildman–Crippen MR) is 101 cm³/mol. The van der Waals surface area contributed by atoms with Gasteiger partial charge in [0.05, 0.1) is 18.2 Å². The Morgan fingerprint density at radius 2 is 1.58 bits per heavy atom. The second-order valence-corrected chi connectivity index (χ2v) is 10.9. The summed E-state index contributed by atoms with van der Waals surface area (Å²) in [6.07, 6.45) is 3.38. The summed E-state index contributed by atoms with van der Waals surface area (Å²) in [5.74, 6) is 0.827. The monoisotopic (exact) mass is 335 g/mol. The third-order valence-electron chi connectivity index (χ3n) is 3.36. The van der Waals surface area contributed by atoms with E-state index in [1.54, 1.807) is 12.5 Å². The van der Waals surface area contributed by atoms with Gasteiger partial charge in [-0.1, -0.05) is 42.5 Å². The third kappa shape index (κ3) is 4.03. The molecule has 0 amide bonds. The van der Waals surface area contributed by atoms with Crippen LogP contribution in [0, 0.1) is 0 Å². The van der Waals surface area contributed by atoms with E-state index in [4.69, 9.17) is 13.8 Å². The first-order valence-corrected chi connectivity index (χ1v) is 11.4. The Morgan fingerprint density at radius 3 is 2.25 bits per heavy atom. The van der Waals surface area contributed by atoms with Gasteiger partial charge in [0.1, 0.15) is 11.4 Å². The van der Waals surface area contributed by atoms with Crippen molar-refractivity contribution in [3.8, 4) is 5.75 Å². The van der Waals surface area contributed by atoms with Crippen molar-refractivity contribution in [1.29, 1.82) is 0 Å². The number of hydrogen-bond donors (Lipinski definition) is 0. The van der Waals surface area contributed by atoms with Gasteiger partial charge in [0.25, 0.3) is 0 Å². The first-order chi connectivity index (χ1) is 11.5. The molecular formula is C20H21NO2Si. The standard InChI is InChI=1S/C20H21NO2Si/c1-24(2,3)23-19-12-8-7-11-18(19)21-20(17-13-14-22-15-17)16-9-5-4-6-10-16/h4-15H,1-3H3. The van der Waals surface area contributed by atoms with E-state index in [1.807, 2.05) is 60.7 Å². The minimum atomic E-state index is -1.71. The van der Waals surface area contributed by atoms with Gasteiger partial charge in [-0.2, -0.15) is 0 Å². The van der Waals surface area contributed by atoms with E-state index in [9.17, 15) is 0 Å². The number of furan rings is 1. The summed E-state index contributed by atoms with van der Waals surface area (Å²) < 4.78 is 11.5. The van der Waals surface area contributed by atoms with Crippen LogP contribution in [0.15, 0.2) is 82.6 Å². The SMILES string of the molecule is C[Si](C)(C)Oc1ccccc1N=C(c1ccccc1)c1ccoc1. The van der Waals surface area contributed by atoms with Crippen molar-refractivity contribution >= 4 is 19.7 Å². The fourth-order valence-electron chi connectivity index (χ4n) is 2.38. The molecule has 4 heteroatoms. The smallest absolute Gasteiger partial charge is 0.242 e. The maximum atomic E-state index is 6.20. The topological polar surface area (TPSA) is 34.7 Å². The van der Waals surface area contributed by atoms with Crippen LogP contribution in [0.3, 0.4) is 0 Å². The lowest BCUT2D eigenvalue weighted by Crippen LogP contribution is -2.29. The van der Waals surface area contributed by atoms with E-state index >= 15 is 0 Å². The second kappa shape index (κ2) is 6.89. The number of rotatable bonds is 5. The summed E-state index contributed by atoms with van der Waals surface area (Å²) in [7, 11) is -1.71. The Hall–Kier alpha value is -2.59. The average molecular weight is 335 g/mol. The first kappa shape index (κ1) is 16.3. The maximum Gasteiger partial charge on any atom is 0.242 e. The summed E-state index contributed by atoms with van der Waals surface area (Å²) >= 11 is 0. The Labute approximate surface area is 143 Å². The zero-order valence-electron chi connectivity index (χ0n) is 14.2. The molecule has 0 saturated heterocycles. The highest BCUT2D eigenvalue weighted by Crippen LogP contribution is 2.31. The number of para-hydroxylation sites is 2. The van der Waals surface area contributed by atoms with Crippen molar-refractivity contribution in [2.45, 2.75) is 19.6 Å². The molecule has 2 aromatic carbocycles. The van der Waals surface area contributed by atoms with Gasteiger partial charge in [-0.3, -0.25) is 0 Å². The normalized spacial score (nSPS) is 12.2. The molecule has 0 aliphatic heterocycles. The van der Waals surface area contributed by atoms with Crippen molar-refractivity contribution in [3.05, 3.63) is 84.3 Å². The summed E-state index contributed by atoms with van der Waals surface area (Å²) in [5.41, 5.74) is 3.70. The number of aliphatic imine (C=N–C) groups is 1. The van der Waals surface area contributed by atoms with Crippen molar-refractivity contribution in [2.75, 3.05) is 0 Å². The largest absolute Gasteiger partial charge is 0.543 e. The molecular weight excluding hydrogens is 314 g/mol. The molecule has 3 aromatic rings. The van der Waals surface area contributed by atoms with Crippen LogP contribution >= 0.6 is 0 Å². The van der Waals surface area contributed by atoms with Crippen LogP contribution in [0.25, 0.3) is 0 Å². The molecule has 24 heavy (non-hydrogen) atoms. The first-order valence-electron chi connectivity index (χ1n) is 7.98. The highest BCUT2D eigenvalue weighted by atomic mass is 28.4. The van der Waals surface area contributed by atoms with Crippen LogP contribution in [-0.2, 0) is 0 Å². The van der Waals surface area contributed by atoms with E-state index in [0.29, 0.717) is 0 Å². The zero-order chi connectivity index (χ0) is 17.0. The number of hydrogen-bond acceptors (Lipinski definition) is 3. The lowest BCUT2D eigenvalue weighted by atomic mass is 10.0. The zero-order valence-corrected chi connectivity index (χ0v) is 15.2. The highest BCUT2D eigenvalue weighted by molar-refractivity contribution is 6.70. The molecule has 0 unspecified atom stereocenters. The molecule has 0 aliphatic rings. The minimum Gasteiger partial charge on any atom is -0.543 e. The van der Waals surface area contributed by atoms with Gasteiger partial charge in [-0.15, -0.1) is 0 Å². The molecule has 0 spiro atoms. The lowest BCUT2D eigenvalue weighted by Gasteiger charge is -2.20. The molecule has 3 nitrogen and oxygen atoms in total. The fourth-order valence-corrected chi connectivity index (χ4v) is 3.21. The van der Waals surface area contributed by atoms with Gasteiger partial charge in [-0.25, -0.2) is 4.99 Å². The third-order valence-corrected chi connectivity index (χ3v) is 4.19. The van der Waals surface area contributed by atoms with Crippen LogP contribution in [0.4, 0.5) is 5.69 Å². The Balaban J connectivity index is 2.10. The lowest BCUT2D eigenvalue weighted by molar-refractivity contribution is 0.559. The van der Waals surface area contributed by atoms with Crippen molar-refractivity contribution in [1.82, 2.24) is 0 Å². The number of benzene rings is 2. The van der Waals surface area contributed by atoms with E-state index in [-0.39, 0.29) is 0 Å². The summed E-state index contributed by atoms with van der Waals surface area (Å²) in [6.45, 7) is 6.50. The molecule has 0 saturated carbocycles. The molecule has 1 heterocycles. The van der Waals surface area contributed by atoms with E-state index in [0.717, 1.165) is 28.3 Å². The Bertz CT molecular complexity index is 818. The van der Waals surface area contributed by atoms with Gasteiger partial charge < -0.3 is 8.84 Å². The van der Waals surface area contributed by atoms with Crippen LogP contribution in [0.1, 0.15) is 11.1 Å². The van der Waals surface area contributed by atoms with Crippen molar-refractivity contribution in [2.24, 2.45) is 4.99 Å². The predicted octanol–water partition coefficient (Wildman–Crippen LogP) is 5.66. The Kier molecular flexibility index (Phi) is 4.67. The van der Waals surface area contributed by atoms with Crippen LogP contribution in [-0.4, -0.2) is 14.0 Å². The van der Waals surface area contributed by atoms with Gasteiger partial charge in [0.2, 0.25) is 8.32 Å². The molecule has 0 atom stereocenters.